The molecule has 0 saturated carbocycles. The molecule has 6 atom stereocenters. The molecule has 6 aromatic heterocycles. The Morgan fingerprint density at radius 1 is 0.478 bits per heavy atom. The number of nitrogens with one attached hydrogen (secondary N) is 3. The zero-order valence-corrected chi connectivity index (χ0v) is 81.2. The van der Waals surface area contributed by atoms with E-state index in [1.807, 2.05) is 59.3 Å². The number of likely N-dealkylation sites (N-methyl/N-ethyl adjacent to an activating group) is 3. The first-order chi connectivity index (χ1) is 61.8. The van der Waals surface area contributed by atoms with Gasteiger partial charge < -0.3 is 73.1 Å². The molecule has 31 nitrogen and oxygen atoms in total. The number of amides is 3. The van der Waals surface area contributed by atoms with Crippen LogP contribution in [0.4, 0.5) is 52.1 Å². The Hall–Kier alpha value is -10.2. The lowest BCUT2D eigenvalue weighted by atomic mass is 9.99. The number of hydrogen-bond donors (Lipinski definition) is 4. The lowest BCUT2D eigenvalue weighted by Crippen LogP contribution is -2.49. The Kier molecular flexibility index (Phi) is 37.0. The monoisotopic (exact) mass is 1940 g/mol. The van der Waals surface area contributed by atoms with Crippen molar-refractivity contribution in [1.29, 1.82) is 0 Å². The number of fused-ring (bicyclic) bond motifs is 6. The number of aromatic amines is 3. The van der Waals surface area contributed by atoms with Crippen LogP contribution in [0.15, 0.2) is 79.6 Å². The zero-order valence-electron chi connectivity index (χ0n) is 78.2. The Balaban J connectivity index is 0.000000223. The van der Waals surface area contributed by atoms with Gasteiger partial charge in [0.15, 0.2) is 5.83 Å². The fourth-order valence-electron chi connectivity index (χ4n) is 20.3. The van der Waals surface area contributed by atoms with Crippen molar-refractivity contribution in [1.82, 2.24) is 84.7 Å². The Morgan fingerprint density at radius 3 is 1.13 bits per heavy atom. The van der Waals surface area contributed by atoms with E-state index in [1.165, 1.54) is 67.2 Å². The number of alkyl halides is 3. The molecule has 0 bridgehead atoms. The molecule has 0 spiro atoms. The van der Waals surface area contributed by atoms with Crippen molar-refractivity contribution < 1.29 is 56.0 Å². The number of aliphatic hydroxyl groups excluding tert-OH is 1. The molecular formula is C98H145F4N23O8S3. The van der Waals surface area contributed by atoms with Crippen LogP contribution >= 0.6 is 40.5 Å². The molecule has 6 fully saturated rings. The van der Waals surface area contributed by atoms with Crippen molar-refractivity contribution >= 4 is 125 Å². The lowest BCUT2D eigenvalue weighted by Gasteiger charge is -2.38. The maximum absolute atomic E-state index is 14.7. The van der Waals surface area contributed by atoms with E-state index in [9.17, 15) is 31.9 Å². The van der Waals surface area contributed by atoms with E-state index in [0.29, 0.717) is 176 Å². The summed E-state index contributed by atoms with van der Waals surface area (Å²) in [5, 5.41) is 27.3. The third-order valence-corrected chi connectivity index (χ3v) is 27.4. The summed E-state index contributed by atoms with van der Waals surface area (Å²) in [7, 11) is 7.38. The largest absolute Gasteiger partial charge is 0.462 e. The van der Waals surface area contributed by atoms with Gasteiger partial charge in [-0.05, 0) is 160 Å². The van der Waals surface area contributed by atoms with Gasteiger partial charge in [0.05, 0.1) is 84.7 Å². The summed E-state index contributed by atoms with van der Waals surface area (Å²) in [6.07, 6.45) is 15.5. The van der Waals surface area contributed by atoms with E-state index >= 15 is 0 Å². The van der Waals surface area contributed by atoms with Crippen LogP contribution in [-0.2, 0) is 58.0 Å². The third kappa shape index (κ3) is 24.0. The van der Waals surface area contributed by atoms with Crippen LogP contribution in [0, 0.1) is 41.5 Å². The first-order valence-corrected chi connectivity index (χ1v) is 45.1. The maximum Gasteiger partial charge on any atom is 0.318 e. The number of benzene rings is 3. The molecule has 38 heteroatoms. The van der Waals surface area contributed by atoms with Crippen LogP contribution < -0.4 is 43.6 Å². The average molecular weight is 1950 g/mol. The van der Waals surface area contributed by atoms with E-state index in [-0.39, 0.29) is 113 Å². The summed E-state index contributed by atoms with van der Waals surface area (Å²) in [5.41, 5.74) is 16.3. The zero-order chi connectivity index (χ0) is 91.1. The van der Waals surface area contributed by atoms with E-state index in [1.54, 1.807) is 44.9 Å². The molecule has 3 unspecified atom stereocenters. The number of methoxy groups -OCH3 is 1. The molecule has 6 saturated heterocycles. The number of rotatable bonds is 21. The van der Waals surface area contributed by atoms with Crippen LogP contribution in [0.5, 0.6) is 18.0 Å². The standard InChI is InChI=1S/C32H43FN8O3.C31H39F2N7O2.C31H41FN8O3.4CH4.3H2S/c1-21-15-26-25(17-34-37-26)29(22(21)2)41-9-8-24-27(18-41)35-31(44-19-23-16-32(3,33)20-38(23)4)36-30(24)40-12-10-39(11-13-40)28(42)7-6-14-43-5;1-19-14-25-23(6-8-34-25)27(20(19)2)40-9-7-24-26(16-40)35-30(42-17-22-15-31(4,33)18-37(22)5)36-28(24)38-10-12-39(13-11-38)29(41)21(3)32;1-20-14-25-24(16-33-36-25)28(21(20)2)40-8-7-23-26(17-40)34-30(43-18-22-15-31(3,32)19-37(22)4)35-29(23)39-11-9-38(10-12-39)27(42)6-5-13-41;;;;;;;/h6-7,15,17,23H,8-14,16,18-20H2,1-5H3,(H,34,37);6,8,14,22,34H,3,7,9-13,15-18H2,1-2,4-5H3;5-6,14,16,22,41H,7-13,15,17-19H2,1-4H3,(H,33,36);4*1H4;3*1H2/b7-6+;;6-5+;;;;;;;/t23-,32?;2*22-,31?;;;;;;;/m000......./s1. The summed E-state index contributed by atoms with van der Waals surface area (Å²) in [4.78, 5) is 95.0. The molecule has 9 aromatic rings. The number of nitrogens with zero attached hydrogens (tertiary/aromatic N) is 20. The Morgan fingerprint density at radius 2 is 0.809 bits per heavy atom. The SMILES string of the molecule is C.C.C.C.C=C(F)C(=O)N1CCN(c2nc(OC[C@@H]3CC(C)(F)CN3C)nc3c2CCN(c2c(C)c(C)cc4[nH]ccc24)C3)CC1.COC/C=C/C(=O)N1CCN(c2nc(OC[C@@H]3CC(C)(F)CN3C)nc3c2CCN(c2c(C)c(C)cc4[nH]ncc24)C3)CC1.Cc1cc2[nH]ncc2c(N2CCc3c(nc(OC[C@@H]4CC(C)(F)CN4C)nc3N3CCN(C(=O)/C=C/CO)CC3)C2)c1C.S.S.S. The number of carbonyl (C=O) groups excluding carboxylic acids is 3. The van der Waals surface area contributed by atoms with Gasteiger partial charge in [-0.15, -0.1) is 0 Å². The minimum atomic E-state index is -1.25. The number of aryl methyl sites for hydroxylation is 3. The minimum absolute atomic E-state index is 0. The summed E-state index contributed by atoms with van der Waals surface area (Å²) in [5.74, 6) is 0.803. The van der Waals surface area contributed by atoms with Crippen molar-refractivity contribution in [3.8, 4) is 18.0 Å². The Labute approximate surface area is 819 Å². The molecule has 746 valence electrons. The van der Waals surface area contributed by atoms with Crippen molar-refractivity contribution in [2.75, 3.05) is 208 Å². The first kappa shape index (κ1) is 109. The normalized spacial score (nSPS) is 21.8. The van der Waals surface area contributed by atoms with Gasteiger partial charge in [-0.2, -0.15) is 80.6 Å². The molecule has 0 aliphatic carbocycles. The van der Waals surface area contributed by atoms with Gasteiger partial charge in [-0.25, -0.2) is 17.6 Å². The minimum Gasteiger partial charge on any atom is -0.462 e. The van der Waals surface area contributed by atoms with Crippen LogP contribution in [-0.4, -0.2) is 322 Å². The highest BCUT2D eigenvalue weighted by Gasteiger charge is 2.44. The number of carbonyl (C=O) groups is 3. The van der Waals surface area contributed by atoms with Crippen molar-refractivity contribution in [3.05, 3.63) is 147 Å². The molecular weight excluding hydrogens is 1800 g/mol. The van der Waals surface area contributed by atoms with Crippen molar-refractivity contribution in [2.24, 2.45) is 0 Å². The van der Waals surface area contributed by atoms with Gasteiger partial charge in [-0.3, -0.25) is 39.3 Å². The lowest BCUT2D eigenvalue weighted by molar-refractivity contribution is -0.129. The van der Waals surface area contributed by atoms with Crippen molar-refractivity contribution in [3.63, 3.8) is 0 Å². The molecule has 9 aliphatic rings. The molecule has 3 aromatic carbocycles. The van der Waals surface area contributed by atoms with Gasteiger partial charge in [0, 0.05) is 225 Å². The van der Waals surface area contributed by atoms with Gasteiger partial charge in [-0.1, -0.05) is 48.4 Å². The fourth-order valence-corrected chi connectivity index (χ4v) is 20.3. The molecule has 18 rings (SSSR count). The maximum atomic E-state index is 14.7. The predicted molar refractivity (Wildman–Crippen MR) is 549 cm³/mol. The molecule has 9 aliphatic heterocycles. The number of likely N-dealkylation sites (tertiary alicyclic amines) is 3. The predicted octanol–water partition coefficient (Wildman–Crippen LogP) is 12.7. The number of aliphatic hydroxyl groups is 1. The van der Waals surface area contributed by atoms with Gasteiger partial charge in [0.2, 0.25) is 11.8 Å². The van der Waals surface area contributed by atoms with Crippen LogP contribution in [0.3, 0.4) is 0 Å². The van der Waals surface area contributed by atoms with Crippen molar-refractivity contribution in [2.45, 2.75) is 185 Å². The van der Waals surface area contributed by atoms with Crippen LogP contribution in [0.25, 0.3) is 32.7 Å². The van der Waals surface area contributed by atoms with Crippen LogP contribution in [0.1, 0.15) is 137 Å². The molecule has 0 radical (unpaired) electrons. The third-order valence-electron chi connectivity index (χ3n) is 27.4. The van der Waals surface area contributed by atoms with Gasteiger partial charge in [0.1, 0.15) is 54.3 Å². The second kappa shape index (κ2) is 46.0. The number of aromatic nitrogens is 11. The van der Waals surface area contributed by atoms with E-state index in [0.717, 1.165) is 123 Å². The van der Waals surface area contributed by atoms with Crippen LogP contribution in [0.2, 0.25) is 0 Å². The highest BCUT2D eigenvalue weighted by atomic mass is 32.1. The number of piperazine rings is 3. The molecule has 3 amide bonds. The Bertz CT molecular complexity index is 5720. The molecule has 136 heavy (non-hydrogen) atoms. The summed E-state index contributed by atoms with van der Waals surface area (Å²) in [6, 6.07) is 9.31. The molecule has 15 heterocycles. The van der Waals surface area contributed by atoms with Gasteiger partial charge >= 0.3 is 18.0 Å². The summed E-state index contributed by atoms with van der Waals surface area (Å²) < 4.78 is 81.2. The number of anilines is 6. The summed E-state index contributed by atoms with van der Waals surface area (Å²) in [6.45, 7) is 34.1. The number of H-pyrrole nitrogens is 3. The van der Waals surface area contributed by atoms with E-state index < -0.39 is 28.7 Å². The van der Waals surface area contributed by atoms with E-state index in [4.69, 9.17) is 54.0 Å². The highest BCUT2D eigenvalue weighted by molar-refractivity contribution is 7.59. The summed E-state index contributed by atoms with van der Waals surface area (Å²) >= 11 is 0. The molecule has 4 N–H and O–H groups in total. The fraction of sp³-hybridized carbons (Fsp3) is 0.561. The number of ether oxygens (including phenoxy) is 4. The average Bonchev–Trinajstić information content (AvgIpc) is 1.40. The van der Waals surface area contributed by atoms with Gasteiger partial charge in [0.25, 0.3) is 5.91 Å². The number of halogens is 4. The smallest absolute Gasteiger partial charge is 0.318 e. The highest BCUT2D eigenvalue weighted by Crippen LogP contribution is 2.43. The first-order valence-electron chi connectivity index (χ1n) is 45.1. The van der Waals surface area contributed by atoms with E-state index in [2.05, 4.69) is 127 Å². The quantitative estimate of drug-likeness (QED) is 0.0384. The number of hydrogen-bond acceptors (Lipinski definition) is 25. The topological polar surface area (TPSA) is 298 Å². The second-order valence-corrected chi connectivity index (χ2v) is 37.1. The second-order valence-electron chi connectivity index (χ2n) is 37.1.